The van der Waals surface area contributed by atoms with E-state index in [0.717, 1.165) is 12.7 Å². The van der Waals surface area contributed by atoms with Gasteiger partial charge >= 0.3 is 0 Å². The van der Waals surface area contributed by atoms with E-state index in [2.05, 4.69) is 6.92 Å². The zero-order chi connectivity index (χ0) is 18.9. The van der Waals surface area contributed by atoms with E-state index in [1.807, 2.05) is 0 Å². The molecule has 1 N–H and O–H groups in total. The number of aliphatic hydroxyl groups excluding tert-OH is 1. The monoisotopic (exact) mass is 381 g/mol. The van der Waals surface area contributed by atoms with E-state index in [4.69, 9.17) is 4.74 Å². The Bertz CT molecular complexity index is 768. The summed E-state index contributed by atoms with van der Waals surface area (Å²) >= 11 is 0. The summed E-state index contributed by atoms with van der Waals surface area (Å²) in [5, 5.41) is 10.2. The van der Waals surface area contributed by atoms with Gasteiger partial charge in [-0.2, -0.15) is 0 Å². The van der Waals surface area contributed by atoms with Crippen LogP contribution in [0.4, 0.5) is 0 Å². The summed E-state index contributed by atoms with van der Waals surface area (Å²) in [6.07, 6.45) is 4.43. The minimum atomic E-state index is -3.35. The van der Waals surface area contributed by atoms with Crippen LogP contribution in [0.2, 0.25) is 0 Å². The highest BCUT2D eigenvalue weighted by Crippen LogP contribution is 2.38. The lowest BCUT2D eigenvalue weighted by molar-refractivity contribution is -0.179. The van der Waals surface area contributed by atoms with Crippen LogP contribution in [0.1, 0.15) is 49.4 Å². The second-order valence-electron chi connectivity index (χ2n) is 7.52. The topological polar surface area (TPSA) is 83.9 Å². The van der Waals surface area contributed by atoms with Crippen molar-refractivity contribution in [3.8, 4) is 0 Å². The van der Waals surface area contributed by atoms with Gasteiger partial charge in [0.15, 0.2) is 9.84 Å². The van der Waals surface area contributed by atoms with E-state index >= 15 is 0 Å². The van der Waals surface area contributed by atoms with Gasteiger partial charge in [-0.3, -0.25) is 4.79 Å². The molecule has 2 atom stereocenters. The zero-order valence-corrected chi connectivity index (χ0v) is 16.2. The standard InChI is InChI=1S/C19H27NO5S/c1-3-16-12-15(21)13-19(25-16)7-9-20(10-8-19)18(22)14-5-4-6-17(11-14)26(2,23)24/h4-6,11,15-16,21H,3,7-10,12-13H2,1-2H3/t15-,16+/m1/s1. The molecule has 144 valence electrons. The fraction of sp³-hybridized carbons (Fsp3) is 0.632. The number of piperidine rings is 1. The summed E-state index contributed by atoms with van der Waals surface area (Å²) in [4.78, 5) is 14.7. The first-order chi connectivity index (χ1) is 12.2. The molecule has 1 amide bonds. The van der Waals surface area contributed by atoms with Crippen molar-refractivity contribution in [2.75, 3.05) is 19.3 Å². The predicted molar refractivity (Wildman–Crippen MR) is 97.8 cm³/mol. The smallest absolute Gasteiger partial charge is 0.253 e. The number of benzene rings is 1. The lowest BCUT2D eigenvalue weighted by atomic mass is 9.81. The molecule has 2 saturated heterocycles. The van der Waals surface area contributed by atoms with Gasteiger partial charge in [-0.1, -0.05) is 13.0 Å². The van der Waals surface area contributed by atoms with Crippen LogP contribution in [0.15, 0.2) is 29.2 Å². The molecule has 0 radical (unpaired) electrons. The molecule has 26 heavy (non-hydrogen) atoms. The fourth-order valence-electron chi connectivity index (χ4n) is 4.00. The van der Waals surface area contributed by atoms with E-state index in [1.54, 1.807) is 17.0 Å². The normalized spacial score (nSPS) is 26.0. The third-order valence-corrected chi connectivity index (χ3v) is 6.60. The Morgan fingerprint density at radius 3 is 2.65 bits per heavy atom. The minimum absolute atomic E-state index is 0.0763. The third kappa shape index (κ3) is 4.10. The number of amides is 1. The van der Waals surface area contributed by atoms with Crippen molar-refractivity contribution in [2.24, 2.45) is 0 Å². The number of rotatable bonds is 3. The third-order valence-electron chi connectivity index (χ3n) is 5.49. The molecular formula is C19H27NO5S. The number of carbonyl (C=O) groups excluding carboxylic acids is 1. The number of ether oxygens (including phenoxy) is 1. The second-order valence-corrected chi connectivity index (χ2v) is 9.53. The molecule has 1 aromatic rings. The molecule has 2 aliphatic rings. The van der Waals surface area contributed by atoms with E-state index in [9.17, 15) is 18.3 Å². The van der Waals surface area contributed by atoms with E-state index in [-0.39, 0.29) is 28.6 Å². The molecule has 0 aromatic heterocycles. The molecule has 0 bridgehead atoms. The van der Waals surface area contributed by atoms with Gasteiger partial charge < -0.3 is 14.7 Å². The molecule has 6 nitrogen and oxygen atoms in total. The maximum Gasteiger partial charge on any atom is 0.253 e. The molecule has 0 unspecified atom stereocenters. The van der Waals surface area contributed by atoms with Crippen molar-refractivity contribution >= 4 is 15.7 Å². The van der Waals surface area contributed by atoms with Crippen LogP contribution in [0.5, 0.6) is 0 Å². The summed E-state index contributed by atoms with van der Waals surface area (Å²) < 4.78 is 29.7. The first-order valence-electron chi connectivity index (χ1n) is 9.18. The van der Waals surface area contributed by atoms with Crippen LogP contribution < -0.4 is 0 Å². The van der Waals surface area contributed by atoms with E-state index in [1.165, 1.54) is 12.1 Å². The summed E-state index contributed by atoms with van der Waals surface area (Å²) in [5.41, 5.74) is 0.0453. The highest BCUT2D eigenvalue weighted by atomic mass is 32.2. The van der Waals surface area contributed by atoms with Crippen molar-refractivity contribution in [3.05, 3.63) is 29.8 Å². The molecule has 2 heterocycles. The Hall–Kier alpha value is -1.44. The predicted octanol–water partition coefficient (Wildman–Crippen LogP) is 2.01. The Morgan fingerprint density at radius 1 is 1.35 bits per heavy atom. The second kappa shape index (κ2) is 7.29. The highest BCUT2D eigenvalue weighted by molar-refractivity contribution is 7.90. The first-order valence-corrected chi connectivity index (χ1v) is 11.1. The zero-order valence-electron chi connectivity index (χ0n) is 15.3. The van der Waals surface area contributed by atoms with Gasteiger partial charge in [0.05, 0.1) is 22.7 Å². The maximum atomic E-state index is 12.8. The van der Waals surface area contributed by atoms with E-state index in [0.29, 0.717) is 44.3 Å². The van der Waals surface area contributed by atoms with Crippen LogP contribution in [-0.2, 0) is 14.6 Å². The Balaban J connectivity index is 1.69. The molecule has 0 saturated carbocycles. The van der Waals surface area contributed by atoms with Crippen LogP contribution in [0.3, 0.4) is 0 Å². The van der Waals surface area contributed by atoms with Crippen LogP contribution >= 0.6 is 0 Å². The summed E-state index contributed by atoms with van der Waals surface area (Å²) in [5.74, 6) is -0.159. The van der Waals surface area contributed by atoms with Crippen LogP contribution in [0, 0.1) is 0 Å². The molecule has 1 spiro atoms. The van der Waals surface area contributed by atoms with Crippen molar-refractivity contribution < 1.29 is 23.1 Å². The lowest BCUT2D eigenvalue weighted by Crippen LogP contribution is -2.53. The largest absolute Gasteiger partial charge is 0.393 e. The molecule has 1 aromatic carbocycles. The van der Waals surface area contributed by atoms with E-state index < -0.39 is 9.84 Å². The molecule has 3 rings (SSSR count). The van der Waals surface area contributed by atoms with Gasteiger partial charge in [-0.05, 0) is 43.9 Å². The number of hydrogen-bond acceptors (Lipinski definition) is 5. The summed E-state index contributed by atoms with van der Waals surface area (Å²) in [6.45, 7) is 3.15. The van der Waals surface area contributed by atoms with Crippen molar-refractivity contribution in [1.82, 2.24) is 4.90 Å². The highest BCUT2D eigenvalue weighted by Gasteiger charge is 2.43. The van der Waals surface area contributed by atoms with Gasteiger partial charge in [0.1, 0.15) is 0 Å². The first kappa shape index (κ1) is 19.3. The molecule has 2 fully saturated rings. The Morgan fingerprint density at radius 2 is 2.04 bits per heavy atom. The maximum absolute atomic E-state index is 12.8. The lowest BCUT2D eigenvalue weighted by Gasteiger charge is -2.47. The quantitative estimate of drug-likeness (QED) is 0.866. The van der Waals surface area contributed by atoms with Gasteiger partial charge in [-0.25, -0.2) is 8.42 Å². The van der Waals surface area contributed by atoms with Crippen molar-refractivity contribution in [1.29, 1.82) is 0 Å². The van der Waals surface area contributed by atoms with Gasteiger partial charge in [0, 0.05) is 31.3 Å². The SMILES string of the molecule is CC[C@H]1C[C@@H](O)CC2(CCN(C(=O)c3cccc(S(C)(=O)=O)c3)CC2)O1. The van der Waals surface area contributed by atoms with Crippen molar-refractivity contribution in [3.63, 3.8) is 0 Å². The van der Waals surface area contributed by atoms with Crippen LogP contribution in [0.25, 0.3) is 0 Å². The Kier molecular flexibility index (Phi) is 5.42. The molecular weight excluding hydrogens is 354 g/mol. The molecule has 7 heteroatoms. The summed E-state index contributed by atoms with van der Waals surface area (Å²) in [6, 6.07) is 6.19. The van der Waals surface area contributed by atoms with Gasteiger partial charge in [0.2, 0.25) is 0 Å². The van der Waals surface area contributed by atoms with Crippen molar-refractivity contribution in [2.45, 2.75) is 61.7 Å². The van der Waals surface area contributed by atoms with Gasteiger partial charge in [0.25, 0.3) is 5.91 Å². The average molecular weight is 381 g/mol. The van der Waals surface area contributed by atoms with Crippen LogP contribution in [-0.4, -0.2) is 61.5 Å². The number of likely N-dealkylation sites (tertiary alicyclic amines) is 1. The number of carbonyl (C=O) groups is 1. The number of nitrogens with zero attached hydrogens (tertiary/aromatic N) is 1. The fourth-order valence-corrected chi connectivity index (χ4v) is 4.66. The minimum Gasteiger partial charge on any atom is -0.393 e. The molecule has 0 aliphatic carbocycles. The Labute approximate surface area is 155 Å². The number of hydrogen-bond donors (Lipinski definition) is 1. The molecule has 2 aliphatic heterocycles. The number of sulfone groups is 1. The van der Waals surface area contributed by atoms with Gasteiger partial charge in [-0.15, -0.1) is 0 Å². The average Bonchev–Trinajstić information content (AvgIpc) is 2.60. The summed E-state index contributed by atoms with van der Waals surface area (Å²) in [7, 11) is -3.35. The number of aliphatic hydroxyl groups is 1.